The minimum Gasteiger partial charge on any atom is -0.465 e. The second kappa shape index (κ2) is 15.0. The molecule has 5 heteroatoms. The lowest BCUT2D eigenvalue weighted by atomic mass is 9.33. The molecule has 0 amide bonds. The molecule has 0 heterocycles. The molecule has 6 rings (SSSR count). The zero-order valence-corrected chi connectivity index (χ0v) is 33.9. The maximum absolute atomic E-state index is 13.2. The third-order valence-corrected chi connectivity index (χ3v) is 16.3. The number of carbonyl (C=O) groups excluding carboxylic acids is 3. The number of esters is 2. The molecule has 1 aromatic carbocycles. The van der Waals surface area contributed by atoms with E-state index in [4.69, 9.17) is 9.47 Å². The summed E-state index contributed by atoms with van der Waals surface area (Å²) in [5.74, 6) is 1.85. The zero-order chi connectivity index (χ0) is 37.4. The van der Waals surface area contributed by atoms with Gasteiger partial charge in [-0.05, 0) is 116 Å². The van der Waals surface area contributed by atoms with Gasteiger partial charge in [0.2, 0.25) is 0 Å². The predicted molar refractivity (Wildman–Crippen MR) is 208 cm³/mol. The van der Waals surface area contributed by atoms with Crippen LogP contribution in [0.5, 0.6) is 0 Å². The van der Waals surface area contributed by atoms with Crippen LogP contribution in [0.1, 0.15) is 170 Å². The number of ketones is 1. The fourth-order valence-electron chi connectivity index (χ4n) is 12.8. The van der Waals surface area contributed by atoms with E-state index in [9.17, 15) is 14.4 Å². The Hall–Kier alpha value is -2.43. The summed E-state index contributed by atoms with van der Waals surface area (Å²) in [6, 6.07) is 9.81. The third kappa shape index (κ3) is 7.34. The highest BCUT2D eigenvalue weighted by Gasteiger charge is 2.68. The number of carbonyl (C=O) groups is 3. The molecule has 4 saturated carbocycles. The first kappa shape index (κ1) is 39.3. The van der Waals surface area contributed by atoms with Gasteiger partial charge in [-0.3, -0.25) is 14.4 Å². The Morgan fingerprint density at radius 3 is 2.06 bits per heavy atom. The summed E-state index contributed by atoms with van der Waals surface area (Å²) in [6.07, 6.45) is 20.7. The molecule has 0 bridgehead atoms. The molecule has 0 radical (unpaired) electrons. The van der Waals surface area contributed by atoms with Crippen LogP contribution in [0.15, 0.2) is 42.0 Å². The van der Waals surface area contributed by atoms with Crippen LogP contribution < -0.4 is 0 Å². The van der Waals surface area contributed by atoms with Gasteiger partial charge in [-0.1, -0.05) is 116 Å². The Balaban J connectivity index is 1.01. The summed E-state index contributed by atoms with van der Waals surface area (Å²) in [7, 11) is 0. The Kier molecular flexibility index (Phi) is 11.3. The lowest BCUT2D eigenvalue weighted by Gasteiger charge is -2.70. The SMILES string of the molecule is CC1(C)CC[C@]2(COC(=O)CCCCCCCCC(=O)OCc3ccccc3)CC[C@]3(C)C(=CC[C@@H]4[C@@]5(C)CCC(=O)C(C)(C)[C@@H]5CC[C@]43C)[C@@H]2C1. The summed E-state index contributed by atoms with van der Waals surface area (Å²) in [5, 5.41) is 0. The summed E-state index contributed by atoms with van der Waals surface area (Å²) in [6.45, 7) is 18.1. The Bertz CT molecular complexity index is 1490. The van der Waals surface area contributed by atoms with Gasteiger partial charge in [0.1, 0.15) is 12.4 Å². The maximum Gasteiger partial charge on any atom is 0.306 e. The van der Waals surface area contributed by atoms with Gasteiger partial charge in [0.05, 0.1) is 6.61 Å². The number of fused-ring (bicyclic) bond motifs is 7. The highest BCUT2D eigenvalue weighted by atomic mass is 16.5. The molecule has 52 heavy (non-hydrogen) atoms. The van der Waals surface area contributed by atoms with Crippen LogP contribution in [0, 0.1) is 50.2 Å². The van der Waals surface area contributed by atoms with Gasteiger partial charge in [0.15, 0.2) is 0 Å². The Morgan fingerprint density at radius 2 is 1.37 bits per heavy atom. The number of benzene rings is 1. The van der Waals surface area contributed by atoms with Crippen LogP contribution in [-0.2, 0) is 30.5 Å². The lowest BCUT2D eigenvalue weighted by Crippen LogP contribution is -2.64. The molecular weight excluding hydrogens is 645 g/mol. The smallest absolute Gasteiger partial charge is 0.306 e. The van der Waals surface area contributed by atoms with E-state index in [2.05, 4.69) is 54.5 Å². The van der Waals surface area contributed by atoms with Crippen LogP contribution in [0.2, 0.25) is 0 Å². The first-order valence-electron chi connectivity index (χ1n) is 21.2. The van der Waals surface area contributed by atoms with Crippen molar-refractivity contribution in [2.75, 3.05) is 6.61 Å². The van der Waals surface area contributed by atoms with Gasteiger partial charge in [-0.15, -0.1) is 0 Å². The van der Waals surface area contributed by atoms with Crippen LogP contribution in [-0.4, -0.2) is 24.3 Å². The molecule has 7 atom stereocenters. The Labute approximate surface area is 315 Å². The van der Waals surface area contributed by atoms with Crippen molar-refractivity contribution < 1.29 is 23.9 Å². The molecule has 0 N–H and O–H groups in total. The van der Waals surface area contributed by atoms with Gasteiger partial charge >= 0.3 is 11.9 Å². The molecule has 0 unspecified atom stereocenters. The largest absolute Gasteiger partial charge is 0.465 e. The lowest BCUT2D eigenvalue weighted by molar-refractivity contribution is -0.188. The maximum atomic E-state index is 13.2. The second-order valence-electron chi connectivity index (χ2n) is 20.2. The van der Waals surface area contributed by atoms with Crippen LogP contribution in [0.4, 0.5) is 0 Å². The molecule has 1 aromatic rings. The fourth-order valence-corrected chi connectivity index (χ4v) is 12.8. The number of unbranched alkanes of at least 4 members (excludes halogenated alkanes) is 5. The molecule has 0 aromatic heterocycles. The zero-order valence-electron chi connectivity index (χ0n) is 33.9. The normalized spacial score (nSPS) is 35.9. The third-order valence-electron chi connectivity index (χ3n) is 16.3. The summed E-state index contributed by atoms with van der Waals surface area (Å²) >= 11 is 0. The van der Waals surface area contributed by atoms with E-state index in [1.165, 1.54) is 25.7 Å². The van der Waals surface area contributed by atoms with Crippen molar-refractivity contribution in [2.45, 2.75) is 171 Å². The van der Waals surface area contributed by atoms with Crippen molar-refractivity contribution in [3.63, 3.8) is 0 Å². The van der Waals surface area contributed by atoms with E-state index < -0.39 is 0 Å². The highest BCUT2D eigenvalue weighted by molar-refractivity contribution is 5.85. The van der Waals surface area contributed by atoms with Crippen molar-refractivity contribution >= 4 is 17.7 Å². The van der Waals surface area contributed by atoms with Crippen molar-refractivity contribution in [1.82, 2.24) is 0 Å². The number of hydrogen-bond acceptors (Lipinski definition) is 5. The molecule has 288 valence electrons. The van der Waals surface area contributed by atoms with Crippen LogP contribution in [0.3, 0.4) is 0 Å². The van der Waals surface area contributed by atoms with Crippen LogP contribution in [0.25, 0.3) is 0 Å². The molecule has 5 aliphatic rings. The van der Waals surface area contributed by atoms with Gasteiger partial charge in [0, 0.05) is 30.1 Å². The number of ether oxygens (including phenoxy) is 2. The topological polar surface area (TPSA) is 69.7 Å². The first-order chi connectivity index (χ1) is 24.6. The van der Waals surface area contributed by atoms with Gasteiger partial charge < -0.3 is 9.47 Å². The molecule has 0 saturated heterocycles. The summed E-state index contributed by atoms with van der Waals surface area (Å²) in [5.41, 5.74) is 3.37. The molecule has 0 aliphatic heterocycles. The van der Waals surface area contributed by atoms with E-state index in [-0.39, 0.29) is 44.4 Å². The van der Waals surface area contributed by atoms with Crippen molar-refractivity contribution in [3.8, 4) is 0 Å². The monoisotopic (exact) mass is 715 g/mol. The fraction of sp³-hybridized carbons (Fsp3) is 0.766. The number of rotatable bonds is 13. The van der Waals surface area contributed by atoms with Crippen LogP contribution >= 0.6 is 0 Å². The van der Waals surface area contributed by atoms with Gasteiger partial charge in [-0.25, -0.2) is 0 Å². The van der Waals surface area contributed by atoms with Crippen molar-refractivity contribution in [2.24, 2.45) is 50.2 Å². The molecule has 5 nitrogen and oxygen atoms in total. The molecule has 0 spiro atoms. The minimum absolute atomic E-state index is 0.0298. The van der Waals surface area contributed by atoms with E-state index in [1.54, 1.807) is 5.57 Å². The minimum atomic E-state index is -0.224. The quantitative estimate of drug-likeness (QED) is 0.116. The van der Waals surface area contributed by atoms with E-state index in [1.807, 2.05) is 30.3 Å². The van der Waals surface area contributed by atoms with Crippen molar-refractivity contribution in [3.05, 3.63) is 47.5 Å². The molecular formula is C47H70O5. The van der Waals surface area contributed by atoms with Crippen molar-refractivity contribution in [1.29, 1.82) is 0 Å². The number of allylic oxidation sites excluding steroid dienone is 2. The van der Waals surface area contributed by atoms with E-state index in [0.29, 0.717) is 49.6 Å². The molecule has 4 fully saturated rings. The number of hydrogen-bond donors (Lipinski definition) is 0. The first-order valence-corrected chi connectivity index (χ1v) is 21.2. The Morgan fingerprint density at radius 1 is 0.731 bits per heavy atom. The van der Waals surface area contributed by atoms with E-state index >= 15 is 0 Å². The average Bonchev–Trinajstić information content (AvgIpc) is 3.10. The number of Topliss-reactive ketones (excluding diaryl/α,β-unsaturated/α-hetero) is 1. The standard InChI is InChI=1S/C47H70O5/c1-42(2)27-29-47(33-52-41(50)20-16-11-9-8-10-15-19-40(49)51-32-34-17-13-12-14-18-34)30-28-45(6)35(36(47)31-42)21-22-38-44(5)25-24-39(48)43(3,4)37(44)23-26-46(38,45)7/h12-14,17-18,21,36-38H,8-11,15-16,19-20,22-33H2,1-7H3/t36-,37-,38+,44-,45+,46+,47+/m0/s1. The van der Waals surface area contributed by atoms with E-state index in [0.717, 1.165) is 82.6 Å². The predicted octanol–water partition coefficient (Wildman–Crippen LogP) is 11.8. The highest BCUT2D eigenvalue weighted by Crippen LogP contribution is 2.75. The average molecular weight is 715 g/mol. The van der Waals surface area contributed by atoms with Gasteiger partial charge in [-0.2, -0.15) is 0 Å². The second-order valence-corrected chi connectivity index (χ2v) is 20.2. The molecule has 5 aliphatic carbocycles. The summed E-state index contributed by atoms with van der Waals surface area (Å²) < 4.78 is 11.6. The van der Waals surface area contributed by atoms with Gasteiger partial charge in [0.25, 0.3) is 0 Å². The summed E-state index contributed by atoms with van der Waals surface area (Å²) in [4.78, 5) is 38.4.